The first-order valence-corrected chi connectivity index (χ1v) is 9.85. The van der Waals surface area contributed by atoms with Crippen molar-refractivity contribution in [3.05, 3.63) is 34.6 Å². The fraction of sp³-hybridized carbons (Fsp3) is 0.550. The van der Waals surface area contributed by atoms with E-state index in [-0.39, 0.29) is 23.7 Å². The molecule has 2 heterocycles. The number of rotatable bonds is 5. The summed E-state index contributed by atoms with van der Waals surface area (Å²) >= 11 is 0. The molecule has 0 spiro atoms. The number of aryl methyl sites for hydroxylation is 1. The number of urea groups is 1. The van der Waals surface area contributed by atoms with Crippen LogP contribution in [0.4, 0.5) is 10.6 Å². The summed E-state index contributed by atoms with van der Waals surface area (Å²) in [6, 6.07) is 7.92. The Morgan fingerprint density at radius 1 is 1.26 bits per heavy atom. The lowest BCUT2D eigenvalue weighted by Crippen LogP contribution is -2.50. The molecule has 0 saturated carbocycles. The van der Waals surface area contributed by atoms with Crippen molar-refractivity contribution in [1.29, 1.82) is 0 Å². The van der Waals surface area contributed by atoms with Gasteiger partial charge in [-0.15, -0.1) is 0 Å². The van der Waals surface area contributed by atoms with Crippen LogP contribution in [-0.4, -0.2) is 40.8 Å². The number of nitrogens with zero attached hydrogens (tertiary/aromatic N) is 3. The SMILES string of the molecule is CC[C@@H](C)NC(=O)NC1CCN(c2nc3ccccc3n(CC)c2=O)CC1. The minimum atomic E-state index is -0.111. The van der Waals surface area contributed by atoms with E-state index >= 15 is 0 Å². The van der Waals surface area contributed by atoms with E-state index in [0.717, 1.165) is 30.3 Å². The first-order chi connectivity index (χ1) is 13.0. The van der Waals surface area contributed by atoms with Gasteiger partial charge in [-0.25, -0.2) is 9.78 Å². The minimum Gasteiger partial charge on any atom is -0.352 e. The molecule has 1 aliphatic rings. The number of amides is 2. The molecule has 1 aliphatic heterocycles. The highest BCUT2D eigenvalue weighted by Gasteiger charge is 2.24. The van der Waals surface area contributed by atoms with Gasteiger partial charge in [0.25, 0.3) is 5.56 Å². The lowest BCUT2D eigenvalue weighted by molar-refractivity contribution is 0.231. The molecule has 27 heavy (non-hydrogen) atoms. The fourth-order valence-electron chi connectivity index (χ4n) is 3.49. The normalized spacial score (nSPS) is 16.3. The van der Waals surface area contributed by atoms with E-state index in [0.29, 0.717) is 25.5 Å². The summed E-state index contributed by atoms with van der Waals surface area (Å²) in [4.78, 5) is 31.6. The number of fused-ring (bicyclic) bond motifs is 1. The molecule has 1 atom stereocenters. The summed E-state index contributed by atoms with van der Waals surface area (Å²) in [6.07, 6.45) is 2.51. The van der Waals surface area contributed by atoms with Gasteiger partial charge in [0, 0.05) is 31.7 Å². The Morgan fingerprint density at radius 3 is 2.63 bits per heavy atom. The average Bonchev–Trinajstić information content (AvgIpc) is 2.68. The quantitative estimate of drug-likeness (QED) is 0.846. The third-order valence-corrected chi connectivity index (χ3v) is 5.27. The Morgan fingerprint density at radius 2 is 1.96 bits per heavy atom. The Bertz CT molecular complexity index is 855. The molecule has 1 aromatic carbocycles. The second-order valence-electron chi connectivity index (χ2n) is 7.16. The van der Waals surface area contributed by atoms with Crippen LogP contribution in [0.15, 0.2) is 29.1 Å². The van der Waals surface area contributed by atoms with Crippen LogP contribution in [0.3, 0.4) is 0 Å². The third kappa shape index (κ3) is 4.23. The van der Waals surface area contributed by atoms with E-state index in [4.69, 9.17) is 0 Å². The molecule has 7 nitrogen and oxygen atoms in total. The Labute approximate surface area is 159 Å². The number of anilines is 1. The zero-order valence-electron chi connectivity index (χ0n) is 16.4. The minimum absolute atomic E-state index is 0.0443. The molecule has 3 rings (SSSR count). The van der Waals surface area contributed by atoms with Gasteiger partial charge in [0.1, 0.15) is 0 Å². The number of para-hydroxylation sites is 2. The number of benzene rings is 1. The average molecular weight is 371 g/mol. The van der Waals surface area contributed by atoms with E-state index in [9.17, 15) is 9.59 Å². The maximum atomic E-state index is 12.9. The number of carbonyl (C=O) groups excluding carboxylic acids is 1. The van der Waals surface area contributed by atoms with Gasteiger partial charge < -0.3 is 20.1 Å². The van der Waals surface area contributed by atoms with Crippen molar-refractivity contribution in [2.75, 3.05) is 18.0 Å². The van der Waals surface area contributed by atoms with Crippen LogP contribution in [0.2, 0.25) is 0 Å². The number of nitrogens with one attached hydrogen (secondary N) is 2. The number of hydrogen-bond acceptors (Lipinski definition) is 4. The van der Waals surface area contributed by atoms with E-state index in [1.807, 2.05) is 49.9 Å². The molecule has 0 aliphatic carbocycles. The van der Waals surface area contributed by atoms with Crippen molar-refractivity contribution in [3.8, 4) is 0 Å². The maximum Gasteiger partial charge on any atom is 0.315 e. The molecule has 1 aromatic heterocycles. The van der Waals surface area contributed by atoms with Gasteiger partial charge >= 0.3 is 6.03 Å². The number of aromatic nitrogens is 2. The molecule has 1 saturated heterocycles. The number of carbonyl (C=O) groups is 1. The Hall–Kier alpha value is -2.57. The molecular formula is C20H29N5O2. The summed E-state index contributed by atoms with van der Waals surface area (Å²) < 4.78 is 1.78. The van der Waals surface area contributed by atoms with Gasteiger partial charge in [0.05, 0.1) is 11.0 Å². The summed E-state index contributed by atoms with van der Waals surface area (Å²) in [5, 5.41) is 5.98. The van der Waals surface area contributed by atoms with Crippen LogP contribution in [0.25, 0.3) is 11.0 Å². The molecule has 0 unspecified atom stereocenters. The highest BCUT2D eigenvalue weighted by molar-refractivity contribution is 5.76. The predicted octanol–water partition coefficient (Wildman–Crippen LogP) is 2.48. The first kappa shape index (κ1) is 19.2. The van der Waals surface area contributed by atoms with Gasteiger partial charge in [-0.2, -0.15) is 0 Å². The van der Waals surface area contributed by atoms with E-state index in [1.165, 1.54) is 0 Å². The second kappa shape index (κ2) is 8.41. The van der Waals surface area contributed by atoms with Crippen molar-refractivity contribution in [2.24, 2.45) is 0 Å². The fourth-order valence-corrected chi connectivity index (χ4v) is 3.49. The molecule has 2 N–H and O–H groups in total. The zero-order valence-corrected chi connectivity index (χ0v) is 16.4. The molecule has 1 fully saturated rings. The Balaban J connectivity index is 1.70. The standard InChI is InChI=1S/C20H29N5O2/c1-4-14(3)21-20(27)22-15-10-12-24(13-11-15)18-19(26)25(5-2)17-9-7-6-8-16(17)23-18/h6-9,14-15H,4-5,10-13H2,1-3H3,(H2,21,22,27)/t14-/m1/s1. The van der Waals surface area contributed by atoms with Crippen molar-refractivity contribution < 1.29 is 4.79 Å². The topological polar surface area (TPSA) is 79.3 Å². The van der Waals surface area contributed by atoms with Crippen LogP contribution in [0.1, 0.15) is 40.0 Å². The van der Waals surface area contributed by atoms with Gasteiger partial charge in [-0.3, -0.25) is 4.79 Å². The van der Waals surface area contributed by atoms with Crippen molar-refractivity contribution in [3.63, 3.8) is 0 Å². The second-order valence-corrected chi connectivity index (χ2v) is 7.16. The highest BCUT2D eigenvalue weighted by Crippen LogP contribution is 2.18. The summed E-state index contributed by atoms with van der Waals surface area (Å²) in [6.45, 7) is 8.04. The van der Waals surface area contributed by atoms with E-state index in [1.54, 1.807) is 4.57 Å². The van der Waals surface area contributed by atoms with E-state index < -0.39 is 0 Å². The van der Waals surface area contributed by atoms with Crippen LogP contribution in [0.5, 0.6) is 0 Å². The van der Waals surface area contributed by atoms with Gasteiger partial charge in [0.15, 0.2) is 5.82 Å². The predicted molar refractivity (Wildman–Crippen MR) is 108 cm³/mol. The van der Waals surface area contributed by atoms with Gasteiger partial charge in [-0.1, -0.05) is 19.1 Å². The molecule has 146 valence electrons. The molecule has 7 heteroatoms. The monoisotopic (exact) mass is 371 g/mol. The van der Waals surface area contributed by atoms with Crippen LogP contribution >= 0.6 is 0 Å². The molecule has 0 bridgehead atoms. The molecule has 0 radical (unpaired) electrons. The smallest absolute Gasteiger partial charge is 0.315 e. The molecular weight excluding hydrogens is 342 g/mol. The number of hydrogen-bond donors (Lipinski definition) is 2. The summed E-state index contributed by atoms with van der Waals surface area (Å²) in [5.41, 5.74) is 1.66. The lowest BCUT2D eigenvalue weighted by Gasteiger charge is -2.33. The first-order valence-electron chi connectivity index (χ1n) is 9.85. The van der Waals surface area contributed by atoms with Crippen molar-refractivity contribution >= 4 is 22.9 Å². The Kier molecular flexibility index (Phi) is 5.98. The van der Waals surface area contributed by atoms with E-state index in [2.05, 4.69) is 15.6 Å². The van der Waals surface area contributed by atoms with Gasteiger partial charge in [-0.05, 0) is 45.2 Å². The van der Waals surface area contributed by atoms with Crippen molar-refractivity contribution in [2.45, 2.75) is 58.7 Å². The van der Waals surface area contributed by atoms with Crippen molar-refractivity contribution in [1.82, 2.24) is 20.2 Å². The summed E-state index contributed by atoms with van der Waals surface area (Å²) in [5.74, 6) is 0.512. The molecule has 2 amide bonds. The maximum absolute atomic E-state index is 12.9. The molecule has 2 aromatic rings. The third-order valence-electron chi connectivity index (χ3n) is 5.27. The highest BCUT2D eigenvalue weighted by atomic mass is 16.2. The van der Waals surface area contributed by atoms with Crippen LogP contribution in [-0.2, 0) is 6.54 Å². The largest absolute Gasteiger partial charge is 0.352 e. The lowest BCUT2D eigenvalue weighted by atomic mass is 10.1. The van der Waals surface area contributed by atoms with Gasteiger partial charge in [0.2, 0.25) is 0 Å². The summed E-state index contributed by atoms with van der Waals surface area (Å²) in [7, 11) is 0. The zero-order chi connectivity index (χ0) is 19.4. The van der Waals surface area contributed by atoms with Crippen LogP contribution in [0, 0.1) is 0 Å². The number of piperidine rings is 1. The van der Waals surface area contributed by atoms with Crippen LogP contribution < -0.4 is 21.1 Å².